The van der Waals surface area contributed by atoms with Crippen LogP contribution in [-0.2, 0) is 9.53 Å². The Hall–Kier alpha value is -0.570. The van der Waals surface area contributed by atoms with Crippen LogP contribution in [0.5, 0.6) is 0 Å². The summed E-state index contributed by atoms with van der Waals surface area (Å²) < 4.78 is 5.52. The standard InChI is InChI=1S/C16H31NO2/c1-13(2)7-11-19-12-8-16(18)17-9-5-15(6-10-17)14(3)4/h13-15H,5-12H2,1-4H3. The molecule has 0 aromatic heterocycles. The number of piperidine rings is 1. The van der Waals surface area contributed by atoms with E-state index in [9.17, 15) is 4.79 Å². The molecule has 0 N–H and O–H groups in total. The first kappa shape index (κ1) is 16.5. The lowest BCUT2D eigenvalue weighted by atomic mass is 9.86. The van der Waals surface area contributed by atoms with E-state index in [4.69, 9.17) is 4.74 Å². The van der Waals surface area contributed by atoms with Gasteiger partial charge >= 0.3 is 0 Å². The minimum absolute atomic E-state index is 0.270. The van der Waals surface area contributed by atoms with Gasteiger partial charge in [-0.15, -0.1) is 0 Å². The monoisotopic (exact) mass is 269 g/mol. The molecule has 1 saturated heterocycles. The van der Waals surface area contributed by atoms with Gasteiger partial charge in [0.2, 0.25) is 5.91 Å². The summed E-state index contributed by atoms with van der Waals surface area (Å²) in [6, 6.07) is 0. The number of carbonyl (C=O) groups excluding carboxylic acids is 1. The second-order valence-corrected chi connectivity index (χ2v) is 6.51. The highest BCUT2D eigenvalue weighted by Gasteiger charge is 2.24. The fraction of sp³-hybridized carbons (Fsp3) is 0.938. The summed E-state index contributed by atoms with van der Waals surface area (Å²) in [7, 11) is 0. The molecule has 0 saturated carbocycles. The molecule has 1 aliphatic heterocycles. The minimum Gasteiger partial charge on any atom is -0.381 e. The van der Waals surface area contributed by atoms with Gasteiger partial charge in [-0.1, -0.05) is 27.7 Å². The molecule has 0 radical (unpaired) electrons. The fourth-order valence-corrected chi connectivity index (χ4v) is 2.55. The van der Waals surface area contributed by atoms with Crippen molar-refractivity contribution in [2.45, 2.75) is 53.4 Å². The number of amides is 1. The number of ether oxygens (including phenoxy) is 1. The first-order valence-electron chi connectivity index (χ1n) is 7.86. The van der Waals surface area contributed by atoms with Crippen molar-refractivity contribution in [3.8, 4) is 0 Å². The third-order valence-electron chi connectivity index (χ3n) is 4.13. The highest BCUT2D eigenvalue weighted by Crippen LogP contribution is 2.24. The van der Waals surface area contributed by atoms with Gasteiger partial charge in [-0.25, -0.2) is 0 Å². The van der Waals surface area contributed by atoms with Crippen molar-refractivity contribution in [3.63, 3.8) is 0 Å². The van der Waals surface area contributed by atoms with Crippen molar-refractivity contribution >= 4 is 5.91 Å². The second-order valence-electron chi connectivity index (χ2n) is 6.51. The molecule has 112 valence electrons. The zero-order valence-electron chi connectivity index (χ0n) is 13.2. The topological polar surface area (TPSA) is 29.5 Å². The lowest BCUT2D eigenvalue weighted by Gasteiger charge is -2.34. The lowest BCUT2D eigenvalue weighted by molar-refractivity contribution is -0.133. The van der Waals surface area contributed by atoms with Crippen LogP contribution in [0.3, 0.4) is 0 Å². The van der Waals surface area contributed by atoms with E-state index in [1.54, 1.807) is 0 Å². The fourth-order valence-electron chi connectivity index (χ4n) is 2.55. The van der Waals surface area contributed by atoms with Gasteiger partial charge in [0, 0.05) is 19.7 Å². The van der Waals surface area contributed by atoms with Gasteiger partial charge in [0.25, 0.3) is 0 Å². The lowest BCUT2D eigenvalue weighted by Crippen LogP contribution is -2.39. The van der Waals surface area contributed by atoms with E-state index in [1.165, 1.54) is 0 Å². The Morgan fingerprint density at radius 2 is 1.79 bits per heavy atom. The average Bonchev–Trinajstić information content (AvgIpc) is 2.37. The number of hydrogen-bond donors (Lipinski definition) is 0. The minimum atomic E-state index is 0.270. The summed E-state index contributed by atoms with van der Waals surface area (Å²) in [6.45, 7) is 12.2. The summed E-state index contributed by atoms with van der Waals surface area (Å²) >= 11 is 0. The first-order valence-corrected chi connectivity index (χ1v) is 7.86. The Labute approximate surface area is 118 Å². The van der Waals surface area contributed by atoms with Crippen molar-refractivity contribution in [2.24, 2.45) is 17.8 Å². The van der Waals surface area contributed by atoms with Gasteiger partial charge in [0.15, 0.2) is 0 Å². The van der Waals surface area contributed by atoms with E-state index in [0.717, 1.165) is 50.8 Å². The average molecular weight is 269 g/mol. The van der Waals surface area contributed by atoms with Crippen LogP contribution in [0.25, 0.3) is 0 Å². The van der Waals surface area contributed by atoms with Crippen LogP contribution in [0, 0.1) is 17.8 Å². The number of rotatable bonds is 7. The van der Waals surface area contributed by atoms with Crippen molar-refractivity contribution in [3.05, 3.63) is 0 Å². The van der Waals surface area contributed by atoms with Gasteiger partial charge in [-0.3, -0.25) is 4.79 Å². The number of nitrogens with zero attached hydrogens (tertiary/aromatic N) is 1. The summed E-state index contributed by atoms with van der Waals surface area (Å²) in [6.07, 6.45) is 3.95. The molecule has 3 nitrogen and oxygen atoms in total. The Kier molecular flexibility index (Phi) is 7.44. The van der Waals surface area contributed by atoms with Crippen molar-refractivity contribution in [1.29, 1.82) is 0 Å². The highest BCUT2D eigenvalue weighted by atomic mass is 16.5. The van der Waals surface area contributed by atoms with Crippen molar-refractivity contribution in [2.75, 3.05) is 26.3 Å². The number of hydrogen-bond acceptors (Lipinski definition) is 2. The van der Waals surface area contributed by atoms with Crippen LogP contribution < -0.4 is 0 Å². The molecule has 0 aliphatic carbocycles. The molecule has 1 rings (SSSR count). The van der Waals surface area contributed by atoms with Gasteiger partial charge in [-0.2, -0.15) is 0 Å². The molecule has 1 aliphatic rings. The smallest absolute Gasteiger partial charge is 0.224 e. The molecule has 0 aromatic rings. The molecule has 0 aromatic carbocycles. The zero-order valence-corrected chi connectivity index (χ0v) is 13.2. The van der Waals surface area contributed by atoms with E-state index in [-0.39, 0.29) is 5.91 Å². The molecule has 0 bridgehead atoms. The number of carbonyl (C=O) groups is 1. The van der Waals surface area contributed by atoms with Gasteiger partial charge in [0.1, 0.15) is 0 Å². The molecule has 1 fully saturated rings. The van der Waals surface area contributed by atoms with E-state index < -0.39 is 0 Å². The first-order chi connectivity index (χ1) is 9.00. The van der Waals surface area contributed by atoms with Crippen LogP contribution >= 0.6 is 0 Å². The van der Waals surface area contributed by atoms with Gasteiger partial charge < -0.3 is 9.64 Å². The Morgan fingerprint density at radius 3 is 2.32 bits per heavy atom. The molecule has 1 heterocycles. The maximum atomic E-state index is 12.0. The number of likely N-dealkylation sites (tertiary alicyclic amines) is 1. The highest BCUT2D eigenvalue weighted by molar-refractivity contribution is 5.76. The normalized spacial score (nSPS) is 17.5. The van der Waals surface area contributed by atoms with Gasteiger partial charge in [0.05, 0.1) is 13.0 Å². The third-order valence-corrected chi connectivity index (χ3v) is 4.13. The molecule has 19 heavy (non-hydrogen) atoms. The van der Waals surface area contributed by atoms with Crippen LogP contribution in [-0.4, -0.2) is 37.1 Å². The molecule has 0 spiro atoms. The largest absolute Gasteiger partial charge is 0.381 e. The predicted octanol–water partition coefficient (Wildman–Crippen LogP) is 3.33. The molecular formula is C16H31NO2. The summed E-state index contributed by atoms with van der Waals surface area (Å²) in [5.74, 6) is 2.49. The van der Waals surface area contributed by atoms with E-state index >= 15 is 0 Å². The maximum Gasteiger partial charge on any atom is 0.224 e. The Morgan fingerprint density at radius 1 is 1.16 bits per heavy atom. The molecular weight excluding hydrogens is 238 g/mol. The summed E-state index contributed by atoms with van der Waals surface area (Å²) in [5, 5.41) is 0. The van der Waals surface area contributed by atoms with E-state index in [1.807, 2.05) is 4.90 Å². The van der Waals surface area contributed by atoms with Crippen LogP contribution in [0.15, 0.2) is 0 Å². The SMILES string of the molecule is CC(C)CCOCCC(=O)N1CCC(C(C)C)CC1. The molecule has 0 atom stereocenters. The van der Waals surface area contributed by atoms with Gasteiger partial charge in [-0.05, 0) is 37.0 Å². The van der Waals surface area contributed by atoms with Crippen LogP contribution in [0.4, 0.5) is 0 Å². The van der Waals surface area contributed by atoms with Crippen LogP contribution in [0.1, 0.15) is 53.4 Å². The third kappa shape index (κ3) is 6.42. The van der Waals surface area contributed by atoms with E-state index in [0.29, 0.717) is 18.9 Å². The molecule has 1 amide bonds. The zero-order chi connectivity index (χ0) is 14.3. The summed E-state index contributed by atoms with van der Waals surface area (Å²) in [5.41, 5.74) is 0. The second kappa shape index (κ2) is 8.57. The summed E-state index contributed by atoms with van der Waals surface area (Å²) in [4.78, 5) is 14.0. The maximum absolute atomic E-state index is 12.0. The Bertz CT molecular complexity index is 255. The molecule has 3 heteroatoms. The quantitative estimate of drug-likeness (QED) is 0.663. The van der Waals surface area contributed by atoms with Crippen molar-refractivity contribution < 1.29 is 9.53 Å². The van der Waals surface area contributed by atoms with Crippen LogP contribution in [0.2, 0.25) is 0 Å². The van der Waals surface area contributed by atoms with Crippen molar-refractivity contribution in [1.82, 2.24) is 4.90 Å². The molecule has 0 unspecified atom stereocenters. The van der Waals surface area contributed by atoms with E-state index in [2.05, 4.69) is 27.7 Å². The Balaban J connectivity index is 2.11. The predicted molar refractivity (Wildman–Crippen MR) is 79.0 cm³/mol.